The predicted octanol–water partition coefficient (Wildman–Crippen LogP) is 1.03. The Labute approximate surface area is 125 Å². The maximum atomic E-state index is 12.7. The molecule has 3 rings (SSSR count). The van der Waals surface area contributed by atoms with Crippen LogP contribution < -0.4 is 5.32 Å². The number of aromatic nitrogens is 1. The molecule has 0 aliphatic carbocycles. The Kier molecular flexibility index (Phi) is 3.34. The number of thiophene rings is 1. The van der Waals surface area contributed by atoms with Crippen LogP contribution in [0.3, 0.4) is 0 Å². The molecule has 0 aromatic carbocycles. The number of hydrogen-bond acceptors (Lipinski definition) is 4. The summed E-state index contributed by atoms with van der Waals surface area (Å²) in [5, 5.41) is 4.05. The molecule has 7 heteroatoms. The predicted molar refractivity (Wildman–Crippen MR) is 77.3 cm³/mol. The molecule has 1 unspecified atom stereocenters. The molecule has 1 saturated heterocycles. The van der Waals surface area contributed by atoms with Gasteiger partial charge in [0, 0.05) is 12.4 Å². The standard InChI is InChI=1S/C14H13N3O3S/c1-9-13(19)15-11(18)8-17(9)14(20)12-10(4-7-21-12)16-5-2-3-6-16/h2-7,9H,8H2,1H3,(H,15,18,19). The summed E-state index contributed by atoms with van der Waals surface area (Å²) in [5.41, 5.74) is 0.751. The summed E-state index contributed by atoms with van der Waals surface area (Å²) in [7, 11) is 0. The molecule has 0 spiro atoms. The first-order chi connectivity index (χ1) is 10.1. The van der Waals surface area contributed by atoms with Gasteiger partial charge in [-0.25, -0.2) is 0 Å². The van der Waals surface area contributed by atoms with Crippen molar-refractivity contribution in [2.75, 3.05) is 6.54 Å². The number of nitrogens with zero attached hydrogens (tertiary/aromatic N) is 2. The summed E-state index contributed by atoms with van der Waals surface area (Å²) < 4.78 is 1.83. The summed E-state index contributed by atoms with van der Waals surface area (Å²) in [6, 6.07) is 4.92. The molecule has 1 N–H and O–H groups in total. The maximum absolute atomic E-state index is 12.7. The molecule has 0 bridgehead atoms. The van der Waals surface area contributed by atoms with E-state index in [1.165, 1.54) is 16.2 Å². The summed E-state index contributed by atoms with van der Waals surface area (Å²) in [4.78, 5) is 37.7. The second kappa shape index (κ2) is 5.17. The van der Waals surface area contributed by atoms with Crippen molar-refractivity contribution in [3.05, 3.63) is 40.8 Å². The minimum absolute atomic E-state index is 0.102. The second-order valence-corrected chi connectivity index (χ2v) is 5.66. The number of rotatable bonds is 2. The van der Waals surface area contributed by atoms with Gasteiger partial charge in [-0.3, -0.25) is 19.7 Å². The Morgan fingerprint density at radius 2 is 2.05 bits per heavy atom. The molecule has 1 aliphatic rings. The van der Waals surface area contributed by atoms with Crippen LogP contribution in [-0.2, 0) is 9.59 Å². The Balaban J connectivity index is 1.94. The zero-order chi connectivity index (χ0) is 15.0. The minimum Gasteiger partial charge on any atom is -0.322 e. The molecule has 0 radical (unpaired) electrons. The monoisotopic (exact) mass is 303 g/mol. The van der Waals surface area contributed by atoms with Gasteiger partial charge in [0.05, 0.1) is 5.69 Å². The highest BCUT2D eigenvalue weighted by Gasteiger charge is 2.35. The number of carbonyl (C=O) groups excluding carboxylic acids is 3. The van der Waals surface area contributed by atoms with E-state index in [4.69, 9.17) is 0 Å². The van der Waals surface area contributed by atoms with Crippen LogP contribution in [0.25, 0.3) is 5.69 Å². The molecule has 21 heavy (non-hydrogen) atoms. The lowest BCUT2D eigenvalue weighted by Gasteiger charge is -2.31. The third-order valence-electron chi connectivity index (χ3n) is 3.41. The average molecular weight is 303 g/mol. The Bertz CT molecular complexity index is 705. The summed E-state index contributed by atoms with van der Waals surface area (Å²) in [6.07, 6.45) is 3.69. The van der Waals surface area contributed by atoms with Crippen molar-refractivity contribution >= 4 is 29.1 Å². The molecule has 3 heterocycles. The van der Waals surface area contributed by atoms with E-state index in [0.29, 0.717) is 4.88 Å². The first kappa shape index (κ1) is 13.6. The molecular weight excluding hydrogens is 290 g/mol. The zero-order valence-corrected chi connectivity index (χ0v) is 12.1. The fraction of sp³-hybridized carbons (Fsp3) is 0.214. The Morgan fingerprint density at radius 1 is 1.33 bits per heavy atom. The smallest absolute Gasteiger partial charge is 0.267 e. The van der Waals surface area contributed by atoms with E-state index in [-0.39, 0.29) is 12.5 Å². The van der Waals surface area contributed by atoms with Gasteiger partial charge in [0.25, 0.3) is 5.91 Å². The highest BCUT2D eigenvalue weighted by molar-refractivity contribution is 7.12. The second-order valence-electron chi connectivity index (χ2n) is 4.75. The van der Waals surface area contributed by atoms with Gasteiger partial charge in [0.2, 0.25) is 11.8 Å². The van der Waals surface area contributed by atoms with Crippen molar-refractivity contribution in [3.8, 4) is 5.69 Å². The molecule has 2 aromatic heterocycles. The molecule has 108 valence electrons. The Hall–Kier alpha value is -2.41. The van der Waals surface area contributed by atoms with Crippen LogP contribution in [0.1, 0.15) is 16.6 Å². The van der Waals surface area contributed by atoms with E-state index in [9.17, 15) is 14.4 Å². The lowest BCUT2D eigenvalue weighted by molar-refractivity contribution is -0.138. The molecule has 1 aliphatic heterocycles. The minimum atomic E-state index is -0.658. The molecule has 3 amide bonds. The van der Waals surface area contributed by atoms with Crippen LogP contribution in [-0.4, -0.2) is 39.8 Å². The lowest BCUT2D eigenvalue weighted by Crippen LogP contribution is -2.58. The summed E-state index contributed by atoms with van der Waals surface area (Å²) >= 11 is 1.30. The average Bonchev–Trinajstić information content (AvgIpc) is 3.11. The molecule has 1 fully saturated rings. The number of nitrogens with one attached hydrogen (secondary N) is 1. The number of hydrogen-bond donors (Lipinski definition) is 1. The van der Waals surface area contributed by atoms with Crippen molar-refractivity contribution in [1.29, 1.82) is 0 Å². The van der Waals surface area contributed by atoms with E-state index in [1.807, 2.05) is 40.5 Å². The highest BCUT2D eigenvalue weighted by atomic mass is 32.1. The highest BCUT2D eigenvalue weighted by Crippen LogP contribution is 2.24. The first-order valence-corrected chi connectivity index (χ1v) is 7.31. The van der Waals surface area contributed by atoms with Crippen LogP contribution >= 0.6 is 11.3 Å². The lowest BCUT2D eigenvalue weighted by atomic mass is 10.2. The summed E-state index contributed by atoms with van der Waals surface area (Å²) in [5.74, 6) is -1.20. The van der Waals surface area contributed by atoms with E-state index < -0.39 is 17.9 Å². The van der Waals surface area contributed by atoms with Crippen LogP contribution in [0, 0.1) is 0 Å². The van der Waals surface area contributed by atoms with Crippen molar-refractivity contribution < 1.29 is 14.4 Å². The molecule has 6 nitrogen and oxygen atoms in total. The van der Waals surface area contributed by atoms with E-state index in [2.05, 4.69) is 5.32 Å². The van der Waals surface area contributed by atoms with Crippen molar-refractivity contribution in [2.45, 2.75) is 13.0 Å². The third kappa shape index (κ3) is 2.36. The topological polar surface area (TPSA) is 71.4 Å². The van der Waals surface area contributed by atoms with Crippen LogP contribution in [0.5, 0.6) is 0 Å². The molecule has 2 aromatic rings. The van der Waals surface area contributed by atoms with Gasteiger partial charge in [-0.05, 0) is 30.5 Å². The van der Waals surface area contributed by atoms with Crippen molar-refractivity contribution in [3.63, 3.8) is 0 Å². The van der Waals surface area contributed by atoms with Crippen LogP contribution in [0.15, 0.2) is 36.0 Å². The van der Waals surface area contributed by atoms with E-state index >= 15 is 0 Å². The first-order valence-electron chi connectivity index (χ1n) is 6.43. The zero-order valence-electron chi connectivity index (χ0n) is 11.3. The third-order valence-corrected chi connectivity index (χ3v) is 4.30. The fourth-order valence-electron chi connectivity index (χ4n) is 2.25. The quantitative estimate of drug-likeness (QED) is 0.842. The van der Waals surface area contributed by atoms with Gasteiger partial charge >= 0.3 is 0 Å². The Morgan fingerprint density at radius 3 is 2.76 bits per heavy atom. The molecular formula is C14H13N3O3S. The van der Waals surface area contributed by atoms with Crippen LogP contribution in [0.4, 0.5) is 0 Å². The molecule has 1 atom stereocenters. The largest absolute Gasteiger partial charge is 0.322 e. The number of imide groups is 1. The van der Waals surface area contributed by atoms with Gasteiger partial charge in [-0.2, -0.15) is 0 Å². The van der Waals surface area contributed by atoms with Gasteiger partial charge in [0.15, 0.2) is 0 Å². The van der Waals surface area contributed by atoms with Gasteiger partial charge < -0.3 is 9.47 Å². The SMILES string of the molecule is CC1C(=O)NC(=O)CN1C(=O)c1sccc1-n1cccc1. The maximum Gasteiger partial charge on any atom is 0.267 e. The number of piperazine rings is 1. The normalized spacial score (nSPS) is 18.7. The number of carbonyl (C=O) groups is 3. The van der Waals surface area contributed by atoms with Gasteiger partial charge in [-0.15, -0.1) is 11.3 Å². The molecule has 0 saturated carbocycles. The van der Waals surface area contributed by atoms with Crippen molar-refractivity contribution in [2.24, 2.45) is 0 Å². The van der Waals surface area contributed by atoms with Crippen LogP contribution in [0.2, 0.25) is 0 Å². The van der Waals surface area contributed by atoms with Crippen molar-refractivity contribution in [1.82, 2.24) is 14.8 Å². The van der Waals surface area contributed by atoms with Gasteiger partial charge in [0.1, 0.15) is 17.5 Å². The van der Waals surface area contributed by atoms with E-state index in [0.717, 1.165) is 5.69 Å². The summed E-state index contributed by atoms with van der Waals surface area (Å²) in [6.45, 7) is 1.51. The van der Waals surface area contributed by atoms with Gasteiger partial charge in [-0.1, -0.05) is 0 Å². The fourth-order valence-corrected chi connectivity index (χ4v) is 3.10. The number of amides is 3. The van der Waals surface area contributed by atoms with E-state index in [1.54, 1.807) is 6.92 Å².